The average molecular weight is 738 g/mol. The third-order valence-electron chi connectivity index (χ3n) is 10.7. The van der Waals surface area contributed by atoms with Crippen molar-refractivity contribution in [2.75, 3.05) is 0 Å². The number of aromatic nitrogens is 3. The van der Waals surface area contributed by atoms with Crippen molar-refractivity contribution in [2.45, 2.75) is 47.0 Å². The summed E-state index contributed by atoms with van der Waals surface area (Å²) in [5.41, 5.74) is 15.6. The highest BCUT2D eigenvalue weighted by Gasteiger charge is 2.14. The monoisotopic (exact) mass is 737 g/mol. The molecule has 7 aromatic carbocycles. The van der Waals surface area contributed by atoms with Crippen molar-refractivity contribution in [1.29, 1.82) is 0 Å². The van der Waals surface area contributed by atoms with Gasteiger partial charge in [0.2, 0.25) is 0 Å². The second-order valence-electron chi connectivity index (χ2n) is 14.7. The summed E-state index contributed by atoms with van der Waals surface area (Å²) in [6.45, 7) is 8.82. The second kappa shape index (κ2) is 17.0. The summed E-state index contributed by atoms with van der Waals surface area (Å²) in [5.74, 6) is 2.10. The van der Waals surface area contributed by atoms with Crippen LogP contribution in [0.1, 0.15) is 65.9 Å². The van der Waals surface area contributed by atoms with Gasteiger partial charge in [-0.15, -0.1) is 0 Å². The van der Waals surface area contributed by atoms with Crippen molar-refractivity contribution in [3.05, 3.63) is 203 Å². The van der Waals surface area contributed by atoms with E-state index in [4.69, 9.17) is 15.0 Å². The molecular weight excluding hydrogens is 691 g/mol. The van der Waals surface area contributed by atoms with Crippen LogP contribution in [0.5, 0.6) is 0 Å². The zero-order valence-electron chi connectivity index (χ0n) is 33.2. The van der Waals surface area contributed by atoms with E-state index in [1.54, 1.807) is 0 Å². The zero-order valence-corrected chi connectivity index (χ0v) is 33.2. The fraction of sp³-hybridized carbons (Fsp3) is 0.130. The smallest absolute Gasteiger partial charge is 0.163 e. The Kier molecular flexibility index (Phi) is 11.1. The van der Waals surface area contributed by atoms with E-state index in [1.165, 1.54) is 66.4 Å². The van der Waals surface area contributed by atoms with Gasteiger partial charge in [-0.05, 0) is 111 Å². The molecule has 3 nitrogen and oxygen atoms in total. The number of aryl methyl sites for hydroxylation is 2. The summed E-state index contributed by atoms with van der Waals surface area (Å²) in [7, 11) is 0. The molecule has 0 saturated carbocycles. The number of benzene rings is 7. The minimum Gasteiger partial charge on any atom is -0.213 e. The molecule has 0 aliphatic heterocycles. The van der Waals surface area contributed by atoms with Gasteiger partial charge in [-0.2, -0.15) is 0 Å². The minimum atomic E-state index is 0.594. The first kappa shape index (κ1) is 37.2. The van der Waals surface area contributed by atoms with E-state index in [0.29, 0.717) is 18.1 Å². The van der Waals surface area contributed by atoms with E-state index in [1.807, 2.05) is 18.2 Å². The number of hydrogen-bond donors (Lipinski definition) is 0. The van der Waals surface area contributed by atoms with Gasteiger partial charge in [-0.3, -0.25) is 0 Å². The molecule has 8 aromatic rings. The van der Waals surface area contributed by atoms with Crippen LogP contribution in [0.25, 0.3) is 73.5 Å². The molecule has 0 atom stereocenters. The average Bonchev–Trinajstić information content (AvgIpc) is 3.26. The van der Waals surface area contributed by atoms with Crippen LogP contribution in [0, 0.1) is 13.8 Å². The molecule has 0 unspecified atom stereocenters. The van der Waals surface area contributed by atoms with Crippen LogP contribution in [0.4, 0.5) is 0 Å². The normalized spacial score (nSPS) is 11.8. The van der Waals surface area contributed by atoms with Gasteiger partial charge in [0.15, 0.2) is 11.6 Å². The molecule has 1 heterocycles. The molecule has 278 valence electrons. The Morgan fingerprint density at radius 2 is 1.25 bits per heavy atom. The molecule has 0 amide bonds. The predicted octanol–water partition coefficient (Wildman–Crippen LogP) is 14.3. The number of rotatable bonds is 11. The van der Waals surface area contributed by atoms with Crippen LogP contribution in [0.3, 0.4) is 0 Å². The largest absolute Gasteiger partial charge is 0.213 e. The maximum absolute atomic E-state index is 5.11. The molecule has 3 heteroatoms. The predicted molar refractivity (Wildman–Crippen MR) is 242 cm³/mol. The summed E-state index contributed by atoms with van der Waals surface area (Å²) in [4.78, 5) is 15.2. The first-order valence-corrected chi connectivity index (χ1v) is 20.0. The van der Waals surface area contributed by atoms with Crippen molar-refractivity contribution in [1.82, 2.24) is 15.0 Å². The zero-order chi connectivity index (χ0) is 39.1. The van der Waals surface area contributed by atoms with Crippen LogP contribution < -0.4 is 0 Å². The SMILES string of the molecule is CC/C=C\c1c(C)cccc1-c1cccc(/C(=C/c2ccc(Cc3nc(-c4ccccc4)nc(-c4ccc5cccc(-c6ccccc6)c5c4)n3)cc2C)CC)c1. The van der Waals surface area contributed by atoms with Crippen molar-refractivity contribution in [3.63, 3.8) is 0 Å². The maximum Gasteiger partial charge on any atom is 0.163 e. The summed E-state index contributed by atoms with van der Waals surface area (Å²) in [6.07, 6.45) is 9.40. The van der Waals surface area contributed by atoms with Gasteiger partial charge in [0, 0.05) is 17.5 Å². The highest BCUT2D eigenvalue weighted by molar-refractivity contribution is 5.98. The molecule has 0 N–H and O–H groups in total. The molecule has 1 aromatic heterocycles. The highest BCUT2D eigenvalue weighted by Crippen LogP contribution is 2.34. The van der Waals surface area contributed by atoms with Crippen molar-refractivity contribution < 1.29 is 0 Å². The molecular formula is C54H47N3. The Labute approximate surface area is 337 Å². The van der Waals surface area contributed by atoms with E-state index in [0.717, 1.165) is 35.4 Å². The Hall–Kier alpha value is -6.71. The van der Waals surface area contributed by atoms with E-state index in [-0.39, 0.29) is 0 Å². The lowest BCUT2D eigenvalue weighted by molar-refractivity contribution is 0.932. The van der Waals surface area contributed by atoms with Crippen molar-refractivity contribution in [2.24, 2.45) is 0 Å². The highest BCUT2D eigenvalue weighted by atomic mass is 15.0. The van der Waals surface area contributed by atoms with Crippen LogP contribution >= 0.6 is 0 Å². The van der Waals surface area contributed by atoms with E-state index >= 15 is 0 Å². The topological polar surface area (TPSA) is 38.7 Å². The van der Waals surface area contributed by atoms with Crippen LogP contribution in [0.2, 0.25) is 0 Å². The van der Waals surface area contributed by atoms with Gasteiger partial charge >= 0.3 is 0 Å². The minimum absolute atomic E-state index is 0.594. The molecule has 0 saturated heterocycles. The molecule has 57 heavy (non-hydrogen) atoms. The Balaban J connectivity index is 1.12. The van der Waals surface area contributed by atoms with Gasteiger partial charge in [0.25, 0.3) is 0 Å². The summed E-state index contributed by atoms with van der Waals surface area (Å²) < 4.78 is 0. The van der Waals surface area contributed by atoms with Gasteiger partial charge < -0.3 is 0 Å². The van der Waals surface area contributed by atoms with E-state index in [9.17, 15) is 0 Å². The van der Waals surface area contributed by atoms with E-state index < -0.39 is 0 Å². The van der Waals surface area contributed by atoms with Crippen LogP contribution in [-0.4, -0.2) is 15.0 Å². The Morgan fingerprint density at radius 3 is 2.00 bits per heavy atom. The number of hydrogen-bond acceptors (Lipinski definition) is 3. The number of nitrogens with zero attached hydrogens (tertiary/aromatic N) is 3. The third kappa shape index (κ3) is 8.29. The Bertz CT molecular complexity index is 2740. The first-order chi connectivity index (χ1) is 28.0. The Morgan fingerprint density at radius 1 is 0.544 bits per heavy atom. The van der Waals surface area contributed by atoms with Gasteiger partial charge in [-0.1, -0.05) is 178 Å². The first-order valence-electron chi connectivity index (χ1n) is 20.0. The number of allylic oxidation sites excluding steroid dienone is 2. The van der Waals surface area contributed by atoms with Gasteiger partial charge in [0.05, 0.1) is 0 Å². The summed E-state index contributed by atoms with van der Waals surface area (Å²) in [6, 6.07) is 56.1. The second-order valence-corrected chi connectivity index (χ2v) is 14.7. The molecule has 0 aliphatic rings. The molecule has 0 aliphatic carbocycles. The lowest BCUT2D eigenvalue weighted by Gasteiger charge is -2.13. The quantitative estimate of drug-likeness (QED) is 0.124. The third-order valence-corrected chi connectivity index (χ3v) is 10.7. The molecule has 8 rings (SSSR count). The van der Waals surface area contributed by atoms with Gasteiger partial charge in [0.1, 0.15) is 5.82 Å². The summed E-state index contributed by atoms with van der Waals surface area (Å²) >= 11 is 0. The number of fused-ring (bicyclic) bond motifs is 1. The lowest BCUT2D eigenvalue weighted by atomic mass is 9.91. The molecule has 0 spiro atoms. The summed E-state index contributed by atoms with van der Waals surface area (Å²) in [5, 5.41) is 2.35. The standard InChI is InChI=1S/C54H47N3/c1-5-7-25-48-37(3)17-14-26-50(48)46-24-15-23-45(35-46)40(6-2)34-44-29-28-39(32-38(44)4)33-52-55-53(43-20-12-9-13-21-43)57-54(56-52)47-31-30-42-22-16-27-49(51(42)36-47)41-18-10-8-11-19-41/h7-32,34-36H,5-6,33H2,1-4H3/b25-7-,40-34+. The molecule has 0 bridgehead atoms. The molecule has 0 fully saturated rings. The maximum atomic E-state index is 5.11. The lowest BCUT2D eigenvalue weighted by Crippen LogP contribution is -2.04. The fourth-order valence-electron chi connectivity index (χ4n) is 7.67. The van der Waals surface area contributed by atoms with Gasteiger partial charge in [-0.25, -0.2) is 15.0 Å². The van der Waals surface area contributed by atoms with Crippen molar-refractivity contribution >= 4 is 28.5 Å². The van der Waals surface area contributed by atoms with Crippen molar-refractivity contribution in [3.8, 4) is 45.0 Å². The fourth-order valence-corrected chi connectivity index (χ4v) is 7.67. The van der Waals surface area contributed by atoms with Crippen LogP contribution in [-0.2, 0) is 6.42 Å². The molecule has 0 radical (unpaired) electrons. The van der Waals surface area contributed by atoms with E-state index in [2.05, 4.69) is 185 Å². The van der Waals surface area contributed by atoms with Crippen LogP contribution in [0.15, 0.2) is 164 Å².